The van der Waals surface area contributed by atoms with E-state index in [1.807, 2.05) is 6.07 Å². The number of likely N-dealkylation sites (N-methyl/N-ethyl adjacent to an activating group) is 1. The van der Waals surface area contributed by atoms with Gasteiger partial charge >= 0.3 is 5.97 Å². The van der Waals surface area contributed by atoms with E-state index in [1.54, 1.807) is 31.0 Å². The summed E-state index contributed by atoms with van der Waals surface area (Å²) in [6, 6.07) is 4.83. The molecule has 5 nitrogen and oxygen atoms in total. The molecule has 102 valence electrons. The van der Waals surface area contributed by atoms with Gasteiger partial charge in [0.25, 0.3) is 0 Å². The van der Waals surface area contributed by atoms with Gasteiger partial charge in [-0.1, -0.05) is 6.07 Å². The average Bonchev–Trinajstić information content (AvgIpc) is 2.44. The second-order valence-electron chi connectivity index (χ2n) is 4.71. The molecule has 2 N–H and O–H groups in total. The topological polar surface area (TPSA) is 69.6 Å². The first kappa shape index (κ1) is 13.5. The molecule has 1 heterocycles. The minimum absolute atomic E-state index is 0.0222. The van der Waals surface area contributed by atoms with Gasteiger partial charge in [-0.2, -0.15) is 0 Å². The molecule has 5 heteroatoms. The molecule has 1 aromatic carbocycles. The summed E-state index contributed by atoms with van der Waals surface area (Å²) in [4.78, 5) is 25.2. The van der Waals surface area contributed by atoms with E-state index in [9.17, 15) is 14.7 Å². The molecule has 1 unspecified atom stereocenters. The molecule has 1 atom stereocenters. The van der Waals surface area contributed by atoms with Crippen molar-refractivity contribution in [2.45, 2.75) is 25.8 Å². The van der Waals surface area contributed by atoms with Crippen molar-refractivity contribution in [2.75, 3.05) is 18.5 Å². The number of carboxylic acid groups (broad SMARTS) is 1. The van der Waals surface area contributed by atoms with Gasteiger partial charge in [0.15, 0.2) is 0 Å². The van der Waals surface area contributed by atoms with Gasteiger partial charge < -0.3 is 15.3 Å². The molecule has 0 aromatic heterocycles. The fourth-order valence-corrected chi connectivity index (χ4v) is 2.41. The van der Waals surface area contributed by atoms with Gasteiger partial charge in [0.05, 0.1) is 11.6 Å². The molecule has 2 rings (SSSR count). The van der Waals surface area contributed by atoms with Gasteiger partial charge in [0.2, 0.25) is 5.91 Å². The zero-order chi connectivity index (χ0) is 14.0. The Bertz CT molecular complexity index is 513. The zero-order valence-corrected chi connectivity index (χ0v) is 11.1. The van der Waals surface area contributed by atoms with Crippen molar-refractivity contribution in [3.63, 3.8) is 0 Å². The number of carbonyl (C=O) groups is 2. The molecule has 0 saturated heterocycles. The molecule has 0 fully saturated rings. The van der Waals surface area contributed by atoms with E-state index in [2.05, 4.69) is 5.32 Å². The van der Waals surface area contributed by atoms with Crippen molar-refractivity contribution in [1.29, 1.82) is 0 Å². The lowest BCUT2D eigenvalue weighted by Crippen LogP contribution is -2.46. The first-order chi connectivity index (χ1) is 9.06. The van der Waals surface area contributed by atoms with Crippen LogP contribution in [0.15, 0.2) is 18.2 Å². The molecule has 0 spiro atoms. The summed E-state index contributed by atoms with van der Waals surface area (Å²) in [5, 5.41) is 12.1. The standard InChI is InChI=1S/C14H18N2O3/c1-9(15-2)13(17)16-8-4-6-10-11(14(18)19)5-3-7-12(10)16/h3,5,7,9,15H,4,6,8H2,1-2H3,(H,18,19). The highest BCUT2D eigenvalue weighted by atomic mass is 16.4. The van der Waals surface area contributed by atoms with Gasteiger partial charge in [0.1, 0.15) is 0 Å². The lowest BCUT2D eigenvalue weighted by atomic mass is 9.96. The summed E-state index contributed by atoms with van der Waals surface area (Å²) in [6.45, 7) is 2.44. The maximum absolute atomic E-state index is 12.3. The summed E-state index contributed by atoms with van der Waals surface area (Å²) in [6.07, 6.45) is 1.50. The van der Waals surface area contributed by atoms with E-state index in [0.29, 0.717) is 18.5 Å². The number of aromatic carboxylic acids is 1. The Kier molecular flexibility index (Phi) is 3.85. The van der Waals surface area contributed by atoms with Gasteiger partial charge in [-0.25, -0.2) is 4.79 Å². The van der Waals surface area contributed by atoms with Crippen LogP contribution in [0.3, 0.4) is 0 Å². The lowest BCUT2D eigenvalue weighted by molar-refractivity contribution is -0.120. The van der Waals surface area contributed by atoms with Crippen molar-refractivity contribution in [2.24, 2.45) is 0 Å². The molecule has 1 aliphatic rings. The second kappa shape index (κ2) is 5.40. The third-order valence-electron chi connectivity index (χ3n) is 3.55. The molecule has 0 bridgehead atoms. The number of hydrogen-bond donors (Lipinski definition) is 2. The zero-order valence-electron chi connectivity index (χ0n) is 11.1. The van der Waals surface area contributed by atoms with Crippen LogP contribution in [0, 0.1) is 0 Å². The quantitative estimate of drug-likeness (QED) is 0.860. The molecule has 0 radical (unpaired) electrons. The van der Waals surface area contributed by atoms with Crippen molar-refractivity contribution in [1.82, 2.24) is 5.32 Å². The summed E-state index contributed by atoms with van der Waals surface area (Å²) < 4.78 is 0. The Morgan fingerprint density at radius 1 is 1.42 bits per heavy atom. The largest absolute Gasteiger partial charge is 0.478 e. The van der Waals surface area contributed by atoms with E-state index in [1.165, 1.54) is 0 Å². The number of benzene rings is 1. The predicted octanol–water partition coefficient (Wildman–Crippen LogP) is 1.27. The monoisotopic (exact) mass is 262 g/mol. The molecule has 1 aromatic rings. The summed E-state index contributed by atoms with van der Waals surface area (Å²) in [7, 11) is 1.74. The predicted molar refractivity (Wildman–Crippen MR) is 72.6 cm³/mol. The molecular formula is C14H18N2O3. The lowest BCUT2D eigenvalue weighted by Gasteiger charge is -2.32. The minimum Gasteiger partial charge on any atom is -0.478 e. The number of amides is 1. The number of carbonyl (C=O) groups excluding carboxylic acids is 1. The third-order valence-corrected chi connectivity index (χ3v) is 3.55. The summed E-state index contributed by atoms with van der Waals surface area (Å²) in [5.41, 5.74) is 1.79. The smallest absolute Gasteiger partial charge is 0.336 e. The molecule has 0 saturated carbocycles. The van der Waals surface area contributed by atoms with Crippen LogP contribution >= 0.6 is 0 Å². The van der Waals surface area contributed by atoms with Crippen LogP contribution < -0.4 is 10.2 Å². The fraction of sp³-hybridized carbons (Fsp3) is 0.429. The number of rotatable bonds is 3. The van der Waals surface area contributed by atoms with Crippen LogP contribution in [0.1, 0.15) is 29.3 Å². The number of carboxylic acids is 1. The Morgan fingerprint density at radius 3 is 2.79 bits per heavy atom. The number of hydrogen-bond acceptors (Lipinski definition) is 3. The van der Waals surface area contributed by atoms with E-state index in [-0.39, 0.29) is 11.9 Å². The highest BCUT2D eigenvalue weighted by molar-refractivity contribution is 6.00. The Hall–Kier alpha value is -1.88. The van der Waals surface area contributed by atoms with E-state index < -0.39 is 5.97 Å². The first-order valence-corrected chi connectivity index (χ1v) is 6.40. The Labute approximate surface area is 112 Å². The van der Waals surface area contributed by atoms with Crippen LogP contribution in [0.4, 0.5) is 5.69 Å². The second-order valence-corrected chi connectivity index (χ2v) is 4.71. The minimum atomic E-state index is -0.937. The van der Waals surface area contributed by atoms with Crippen LogP contribution in [0.5, 0.6) is 0 Å². The molecular weight excluding hydrogens is 244 g/mol. The number of fused-ring (bicyclic) bond motifs is 1. The van der Waals surface area contributed by atoms with Crippen molar-refractivity contribution >= 4 is 17.6 Å². The molecule has 19 heavy (non-hydrogen) atoms. The highest BCUT2D eigenvalue weighted by Gasteiger charge is 2.27. The van der Waals surface area contributed by atoms with Crippen LogP contribution in [0.2, 0.25) is 0 Å². The molecule has 0 aliphatic carbocycles. The number of anilines is 1. The molecule has 1 amide bonds. The van der Waals surface area contributed by atoms with Gasteiger partial charge in [-0.3, -0.25) is 4.79 Å². The van der Waals surface area contributed by atoms with Crippen molar-refractivity contribution < 1.29 is 14.7 Å². The highest BCUT2D eigenvalue weighted by Crippen LogP contribution is 2.30. The summed E-state index contributed by atoms with van der Waals surface area (Å²) >= 11 is 0. The summed E-state index contributed by atoms with van der Waals surface area (Å²) in [5.74, 6) is -0.959. The maximum Gasteiger partial charge on any atom is 0.336 e. The van der Waals surface area contributed by atoms with Gasteiger partial charge in [-0.05, 0) is 44.5 Å². The SMILES string of the molecule is CNC(C)C(=O)N1CCCc2c(C(=O)O)cccc21. The first-order valence-electron chi connectivity index (χ1n) is 6.40. The van der Waals surface area contributed by atoms with Crippen LogP contribution in [-0.4, -0.2) is 36.6 Å². The van der Waals surface area contributed by atoms with E-state index in [0.717, 1.165) is 17.7 Å². The number of nitrogens with zero attached hydrogens (tertiary/aromatic N) is 1. The Morgan fingerprint density at radius 2 is 2.16 bits per heavy atom. The average molecular weight is 262 g/mol. The number of nitrogens with one attached hydrogen (secondary N) is 1. The maximum atomic E-state index is 12.3. The van der Waals surface area contributed by atoms with E-state index >= 15 is 0 Å². The van der Waals surface area contributed by atoms with E-state index in [4.69, 9.17) is 0 Å². The van der Waals surface area contributed by atoms with Gasteiger partial charge in [0, 0.05) is 12.2 Å². The fourth-order valence-electron chi connectivity index (χ4n) is 2.41. The normalized spacial score (nSPS) is 15.8. The molecule has 1 aliphatic heterocycles. The van der Waals surface area contributed by atoms with Crippen LogP contribution in [0.25, 0.3) is 0 Å². The van der Waals surface area contributed by atoms with Crippen molar-refractivity contribution in [3.05, 3.63) is 29.3 Å². The van der Waals surface area contributed by atoms with Gasteiger partial charge in [-0.15, -0.1) is 0 Å². The third kappa shape index (κ3) is 2.46. The van der Waals surface area contributed by atoms with Crippen LogP contribution in [-0.2, 0) is 11.2 Å². The van der Waals surface area contributed by atoms with Crippen molar-refractivity contribution in [3.8, 4) is 0 Å². The Balaban J connectivity index is 2.43.